The first-order chi connectivity index (χ1) is 15.7. The minimum atomic E-state index is -0.121. The number of rotatable bonds is 9. The van der Waals surface area contributed by atoms with E-state index in [-0.39, 0.29) is 12.0 Å². The Kier molecular flexibility index (Phi) is 10.1. The third kappa shape index (κ3) is 7.67. The number of hydrogen-bond acceptors (Lipinski definition) is 5. The van der Waals surface area contributed by atoms with E-state index in [0.717, 1.165) is 51.5 Å². The summed E-state index contributed by atoms with van der Waals surface area (Å²) in [6.07, 6.45) is 6.08. The molecule has 2 aliphatic rings. The molecule has 1 aromatic carbocycles. The average molecular weight is 447 g/mol. The highest BCUT2D eigenvalue weighted by Crippen LogP contribution is 2.18. The number of aliphatic imine (C=N–C) groups is 1. The maximum atomic E-state index is 12.3. The number of piperidine rings is 1. The smallest absolute Gasteiger partial charge is 0.251 e. The minimum absolute atomic E-state index is 0.121. The predicted molar refractivity (Wildman–Crippen MR) is 125 cm³/mol. The monoisotopic (exact) mass is 446 g/mol. The van der Waals surface area contributed by atoms with Gasteiger partial charge in [-0.2, -0.15) is 0 Å². The molecule has 2 N–H and O–H groups in total. The maximum Gasteiger partial charge on any atom is 0.251 e. The van der Waals surface area contributed by atoms with Gasteiger partial charge in [0.05, 0.1) is 32.5 Å². The van der Waals surface area contributed by atoms with Crippen LogP contribution in [0.15, 0.2) is 29.3 Å². The molecular weight excluding hydrogens is 408 g/mol. The molecule has 1 unspecified atom stereocenters. The molecular formula is C24H38N4O4. The van der Waals surface area contributed by atoms with Gasteiger partial charge in [0, 0.05) is 38.3 Å². The fourth-order valence-corrected chi connectivity index (χ4v) is 4.04. The van der Waals surface area contributed by atoms with Crippen LogP contribution in [0.25, 0.3) is 0 Å². The fourth-order valence-electron chi connectivity index (χ4n) is 4.04. The first-order valence-electron chi connectivity index (χ1n) is 11.9. The Bertz CT molecular complexity index is 728. The quantitative estimate of drug-likeness (QED) is 0.344. The predicted octanol–water partition coefficient (Wildman–Crippen LogP) is 2.44. The average Bonchev–Trinajstić information content (AvgIpc) is 2.85. The zero-order chi connectivity index (χ0) is 22.6. The lowest BCUT2D eigenvalue weighted by Crippen LogP contribution is -2.47. The van der Waals surface area contributed by atoms with Crippen molar-refractivity contribution in [2.24, 2.45) is 4.99 Å². The van der Waals surface area contributed by atoms with E-state index in [2.05, 4.69) is 22.5 Å². The van der Waals surface area contributed by atoms with Gasteiger partial charge in [0.1, 0.15) is 5.75 Å². The summed E-state index contributed by atoms with van der Waals surface area (Å²) in [5, 5.41) is 6.30. The van der Waals surface area contributed by atoms with Gasteiger partial charge in [-0.25, -0.2) is 0 Å². The number of nitrogens with one attached hydrogen (secondary N) is 2. The van der Waals surface area contributed by atoms with Crippen molar-refractivity contribution in [3.8, 4) is 5.75 Å². The highest BCUT2D eigenvalue weighted by molar-refractivity contribution is 5.94. The number of carbonyl (C=O) groups excluding carboxylic acids is 1. The van der Waals surface area contributed by atoms with Gasteiger partial charge < -0.3 is 29.7 Å². The molecule has 0 aromatic heterocycles. The van der Waals surface area contributed by atoms with Crippen LogP contribution < -0.4 is 15.4 Å². The van der Waals surface area contributed by atoms with Crippen LogP contribution in [0, 0.1) is 0 Å². The number of likely N-dealkylation sites (tertiary alicyclic amines) is 1. The molecule has 1 aromatic rings. The Morgan fingerprint density at radius 2 is 2.06 bits per heavy atom. The molecule has 0 spiro atoms. The first-order valence-corrected chi connectivity index (χ1v) is 11.9. The minimum Gasteiger partial charge on any atom is -0.497 e. The van der Waals surface area contributed by atoms with Crippen molar-refractivity contribution >= 4 is 11.9 Å². The van der Waals surface area contributed by atoms with E-state index in [4.69, 9.17) is 19.2 Å². The summed E-state index contributed by atoms with van der Waals surface area (Å²) in [7, 11) is 1.59. The van der Waals surface area contributed by atoms with Crippen molar-refractivity contribution in [1.29, 1.82) is 0 Å². The Hall–Kier alpha value is -2.32. The number of benzene rings is 1. The number of guanidine groups is 1. The van der Waals surface area contributed by atoms with Crippen LogP contribution in [-0.4, -0.2) is 82.0 Å². The molecule has 0 bridgehead atoms. The molecule has 2 aliphatic heterocycles. The lowest BCUT2D eigenvalue weighted by Gasteiger charge is -2.35. The van der Waals surface area contributed by atoms with E-state index in [1.54, 1.807) is 19.2 Å². The lowest BCUT2D eigenvalue weighted by atomic mass is 10.1. The second kappa shape index (κ2) is 13.3. The summed E-state index contributed by atoms with van der Waals surface area (Å²) in [5.74, 6) is 1.45. The van der Waals surface area contributed by atoms with Crippen molar-refractivity contribution in [3.63, 3.8) is 0 Å². The SMILES string of the molecule is CCNC(=NCCNC(=O)c1cccc(OC)c1)N1CCC(OCC2CCCCO2)CC1. The normalized spacial score (nSPS) is 20.1. The molecule has 0 radical (unpaired) electrons. The molecule has 8 nitrogen and oxygen atoms in total. The second-order valence-corrected chi connectivity index (χ2v) is 8.23. The molecule has 1 amide bonds. The number of carbonyl (C=O) groups is 1. The van der Waals surface area contributed by atoms with Crippen LogP contribution >= 0.6 is 0 Å². The highest BCUT2D eigenvalue weighted by Gasteiger charge is 2.23. The molecule has 0 saturated carbocycles. The summed E-state index contributed by atoms with van der Waals surface area (Å²) < 4.78 is 17.1. The van der Waals surface area contributed by atoms with Gasteiger partial charge in [-0.1, -0.05) is 6.07 Å². The van der Waals surface area contributed by atoms with Crippen molar-refractivity contribution < 1.29 is 19.0 Å². The summed E-state index contributed by atoms with van der Waals surface area (Å²) in [6.45, 7) is 7.29. The van der Waals surface area contributed by atoms with Crippen LogP contribution in [0.3, 0.4) is 0 Å². The molecule has 8 heteroatoms. The van der Waals surface area contributed by atoms with Gasteiger partial charge in [0.2, 0.25) is 0 Å². The Morgan fingerprint density at radius 3 is 2.78 bits per heavy atom. The topological polar surface area (TPSA) is 84.4 Å². The zero-order valence-electron chi connectivity index (χ0n) is 19.5. The van der Waals surface area contributed by atoms with E-state index < -0.39 is 0 Å². The molecule has 2 heterocycles. The molecule has 0 aliphatic carbocycles. The number of hydrogen-bond donors (Lipinski definition) is 2. The summed E-state index contributed by atoms with van der Waals surface area (Å²) >= 11 is 0. The second-order valence-electron chi connectivity index (χ2n) is 8.23. The van der Waals surface area contributed by atoms with E-state index in [9.17, 15) is 4.79 Å². The molecule has 2 saturated heterocycles. The van der Waals surface area contributed by atoms with Gasteiger partial charge in [0.25, 0.3) is 5.91 Å². The number of amides is 1. The van der Waals surface area contributed by atoms with E-state index >= 15 is 0 Å². The zero-order valence-corrected chi connectivity index (χ0v) is 19.5. The van der Waals surface area contributed by atoms with Gasteiger partial charge in [-0.3, -0.25) is 9.79 Å². The lowest BCUT2D eigenvalue weighted by molar-refractivity contribution is -0.0721. The van der Waals surface area contributed by atoms with Gasteiger partial charge >= 0.3 is 0 Å². The summed E-state index contributed by atoms with van der Waals surface area (Å²) in [4.78, 5) is 19.3. The molecule has 2 fully saturated rings. The Labute approximate surface area is 191 Å². The third-order valence-corrected chi connectivity index (χ3v) is 5.86. The van der Waals surface area contributed by atoms with Crippen molar-refractivity contribution in [2.75, 3.05) is 53.0 Å². The summed E-state index contributed by atoms with van der Waals surface area (Å²) in [6, 6.07) is 7.14. The first kappa shape index (κ1) is 24.3. The van der Waals surface area contributed by atoms with Crippen LogP contribution in [0.2, 0.25) is 0 Å². The Morgan fingerprint density at radius 1 is 1.22 bits per heavy atom. The van der Waals surface area contributed by atoms with E-state index in [0.29, 0.717) is 37.1 Å². The molecule has 1 atom stereocenters. The largest absolute Gasteiger partial charge is 0.497 e. The highest BCUT2D eigenvalue weighted by atomic mass is 16.5. The third-order valence-electron chi connectivity index (χ3n) is 5.86. The van der Waals surface area contributed by atoms with Crippen molar-refractivity contribution in [2.45, 2.75) is 51.2 Å². The number of nitrogens with zero attached hydrogens (tertiary/aromatic N) is 2. The number of methoxy groups -OCH3 is 1. The van der Waals surface area contributed by atoms with Crippen LogP contribution in [-0.2, 0) is 9.47 Å². The van der Waals surface area contributed by atoms with Gasteiger partial charge in [0.15, 0.2) is 5.96 Å². The molecule has 32 heavy (non-hydrogen) atoms. The maximum absolute atomic E-state index is 12.3. The van der Waals surface area contributed by atoms with Gasteiger partial charge in [-0.15, -0.1) is 0 Å². The summed E-state index contributed by atoms with van der Waals surface area (Å²) in [5.41, 5.74) is 0.584. The van der Waals surface area contributed by atoms with Crippen molar-refractivity contribution in [3.05, 3.63) is 29.8 Å². The van der Waals surface area contributed by atoms with Crippen LogP contribution in [0.5, 0.6) is 5.75 Å². The van der Waals surface area contributed by atoms with E-state index in [1.165, 1.54) is 12.8 Å². The molecule has 3 rings (SSSR count). The van der Waals surface area contributed by atoms with Crippen LogP contribution in [0.4, 0.5) is 0 Å². The van der Waals surface area contributed by atoms with Crippen LogP contribution in [0.1, 0.15) is 49.4 Å². The van der Waals surface area contributed by atoms with Crippen molar-refractivity contribution in [1.82, 2.24) is 15.5 Å². The number of ether oxygens (including phenoxy) is 3. The Balaban J connectivity index is 1.40. The van der Waals surface area contributed by atoms with E-state index in [1.807, 2.05) is 12.1 Å². The molecule has 178 valence electrons. The van der Waals surface area contributed by atoms with Gasteiger partial charge in [-0.05, 0) is 57.2 Å². The fraction of sp³-hybridized carbons (Fsp3) is 0.667. The standard InChI is InChI=1S/C24H38N4O4/c1-3-25-24(27-13-12-26-23(29)19-7-6-9-21(17-19)30-2)28-14-10-20(11-15-28)32-18-22-8-4-5-16-31-22/h6-7,9,17,20,22H,3-5,8,10-16,18H2,1-2H3,(H,25,27)(H,26,29).